The van der Waals surface area contributed by atoms with Crippen molar-refractivity contribution in [2.75, 3.05) is 26.1 Å². The number of carbonyl (C=O) groups is 1. The number of urea groups is 1. The average molecular weight is 379 g/mol. The van der Waals surface area contributed by atoms with Crippen molar-refractivity contribution in [1.82, 2.24) is 5.32 Å². The Morgan fingerprint density at radius 3 is 2.61 bits per heavy atom. The molecule has 2 aromatic rings. The van der Waals surface area contributed by atoms with Crippen LogP contribution in [0.15, 0.2) is 46.9 Å². The Labute approximate surface area is 144 Å². The van der Waals surface area contributed by atoms with Crippen molar-refractivity contribution in [3.8, 4) is 11.5 Å². The number of para-hydroxylation sites is 1. The molecule has 0 bridgehead atoms. The van der Waals surface area contributed by atoms with Crippen molar-refractivity contribution in [1.29, 1.82) is 0 Å². The number of nitrogens with one attached hydrogen (secondary N) is 2. The second-order valence-electron chi connectivity index (χ2n) is 4.79. The van der Waals surface area contributed by atoms with Crippen molar-refractivity contribution in [2.45, 2.75) is 6.42 Å². The highest BCUT2D eigenvalue weighted by Crippen LogP contribution is 2.30. The zero-order valence-electron chi connectivity index (χ0n) is 13.1. The van der Waals surface area contributed by atoms with E-state index in [0.29, 0.717) is 24.5 Å². The molecule has 2 rings (SSSR count). The Morgan fingerprint density at radius 1 is 1.13 bits per heavy atom. The van der Waals surface area contributed by atoms with Crippen LogP contribution < -0.4 is 20.1 Å². The number of amides is 2. The Morgan fingerprint density at radius 2 is 1.91 bits per heavy atom. The van der Waals surface area contributed by atoms with Gasteiger partial charge in [0.1, 0.15) is 0 Å². The van der Waals surface area contributed by atoms with Crippen LogP contribution in [0.5, 0.6) is 11.5 Å². The first kappa shape index (κ1) is 17.1. The Balaban J connectivity index is 1.88. The summed E-state index contributed by atoms with van der Waals surface area (Å²) >= 11 is 3.37. The van der Waals surface area contributed by atoms with Crippen LogP contribution >= 0.6 is 15.9 Å². The zero-order chi connectivity index (χ0) is 16.7. The SMILES string of the molecule is COc1cccc(CCNC(=O)Nc2cccc(Br)c2)c1OC. The van der Waals surface area contributed by atoms with Crippen LogP contribution in [-0.2, 0) is 6.42 Å². The van der Waals surface area contributed by atoms with Crippen LogP contribution in [0.4, 0.5) is 10.5 Å². The summed E-state index contributed by atoms with van der Waals surface area (Å²) in [6, 6.07) is 12.9. The number of ether oxygens (including phenoxy) is 2. The van der Waals surface area contributed by atoms with Crippen molar-refractivity contribution < 1.29 is 14.3 Å². The van der Waals surface area contributed by atoms with Crippen molar-refractivity contribution >= 4 is 27.6 Å². The number of halogens is 1. The van der Waals surface area contributed by atoms with Gasteiger partial charge in [-0.3, -0.25) is 0 Å². The van der Waals surface area contributed by atoms with Gasteiger partial charge < -0.3 is 20.1 Å². The summed E-state index contributed by atoms with van der Waals surface area (Å²) in [6.07, 6.45) is 0.645. The van der Waals surface area contributed by atoms with Gasteiger partial charge in [0.05, 0.1) is 14.2 Å². The Kier molecular flexibility index (Phi) is 6.29. The molecule has 0 saturated carbocycles. The van der Waals surface area contributed by atoms with E-state index >= 15 is 0 Å². The fourth-order valence-corrected chi connectivity index (χ4v) is 2.60. The molecule has 0 aliphatic rings. The minimum atomic E-state index is -0.245. The minimum Gasteiger partial charge on any atom is -0.493 e. The van der Waals surface area contributed by atoms with Gasteiger partial charge in [-0.25, -0.2) is 4.79 Å². The molecule has 0 atom stereocenters. The summed E-state index contributed by atoms with van der Waals surface area (Å²) in [5.41, 5.74) is 1.71. The van der Waals surface area contributed by atoms with Gasteiger partial charge in [0.15, 0.2) is 11.5 Å². The van der Waals surface area contributed by atoms with Gasteiger partial charge >= 0.3 is 6.03 Å². The predicted molar refractivity (Wildman–Crippen MR) is 94.4 cm³/mol. The third-order valence-corrected chi connectivity index (χ3v) is 3.74. The van der Waals surface area contributed by atoms with E-state index in [0.717, 1.165) is 15.7 Å². The van der Waals surface area contributed by atoms with E-state index in [-0.39, 0.29) is 6.03 Å². The first-order valence-corrected chi connectivity index (χ1v) is 7.93. The number of methoxy groups -OCH3 is 2. The van der Waals surface area contributed by atoms with Gasteiger partial charge in [-0.1, -0.05) is 34.1 Å². The van der Waals surface area contributed by atoms with Gasteiger partial charge in [-0.2, -0.15) is 0 Å². The molecule has 6 heteroatoms. The maximum absolute atomic E-state index is 11.9. The fraction of sp³-hybridized carbons (Fsp3) is 0.235. The van der Waals surface area contributed by atoms with E-state index in [9.17, 15) is 4.79 Å². The quantitative estimate of drug-likeness (QED) is 0.802. The van der Waals surface area contributed by atoms with Gasteiger partial charge in [0, 0.05) is 16.7 Å². The summed E-state index contributed by atoms with van der Waals surface area (Å²) in [7, 11) is 3.21. The summed E-state index contributed by atoms with van der Waals surface area (Å²) in [4.78, 5) is 11.9. The van der Waals surface area contributed by atoms with Crippen LogP contribution in [0.2, 0.25) is 0 Å². The van der Waals surface area contributed by atoms with Crippen molar-refractivity contribution in [3.05, 3.63) is 52.5 Å². The lowest BCUT2D eigenvalue weighted by molar-refractivity contribution is 0.252. The maximum atomic E-state index is 11.9. The maximum Gasteiger partial charge on any atom is 0.319 e. The van der Waals surface area contributed by atoms with Gasteiger partial charge in [-0.15, -0.1) is 0 Å². The van der Waals surface area contributed by atoms with E-state index in [4.69, 9.17) is 9.47 Å². The summed E-state index contributed by atoms with van der Waals surface area (Å²) in [6.45, 7) is 0.489. The van der Waals surface area contributed by atoms with Crippen LogP contribution in [-0.4, -0.2) is 26.8 Å². The molecule has 0 heterocycles. The standard InChI is InChI=1S/C17H19BrN2O3/c1-22-15-8-3-5-12(16(15)23-2)9-10-19-17(21)20-14-7-4-6-13(18)11-14/h3-8,11H,9-10H2,1-2H3,(H2,19,20,21). The Hall–Kier alpha value is -2.21. The van der Waals surface area contributed by atoms with Crippen LogP contribution in [0.3, 0.4) is 0 Å². The molecule has 0 aromatic heterocycles. The number of hydrogen-bond acceptors (Lipinski definition) is 3. The molecule has 0 spiro atoms. The molecule has 0 aliphatic carbocycles. The second-order valence-corrected chi connectivity index (χ2v) is 5.71. The highest BCUT2D eigenvalue weighted by molar-refractivity contribution is 9.10. The minimum absolute atomic E-state index is 0.245. The molecular weight excluding hydrogens is 360 g/mol. The van der Waals surface area contributed by atoms with Gasteiger partial charge in [0.2, 0.25) is 0 Å². The zero-order valence-corrected chi connectivity index (χ0v) is 14.6. The topological polar surface area (TPSA) is 59.6 Å². The lowest BCUT2D eigenvalue weighted by atomic mass is 10.1. The molecular formula is C17H19BrN2O3. The van der Waals surface area contributed by atoms with E-state index in [1.807, 2.05) is 42.5 Å². The first-order valence-electron chi connectivity index (χ1n) is 7.14. The van der Waals surface area contributed by atoms with Gasteiger partial charge in [-0.05, 0) is 36.2 Å². The molecule has 0 unspecified atom stereocenters. The molecule has 0 fully saturated rings. The number of rotatable bonds is 6. The van der Waals surface area contributed by atoms with Crippen molar-refractivity contribution in [3.63, 3.8) is 0 Å². The molecule has 2 N–H and O–H groups in total. The molecule has 2 aromatic carbocycles. The molecule has 23 heavy (non-hydrogen) atoms. The number of benzene rings is 2. The summed E-state index contributed by atoms with van der Waals surface area (Å²) < 4.78 is 11.6. The average Bonchev–Trinajstić information content (AvgIpc) is 2.54. The number of carbonyl (C=O) groups excluding carboxylic acids is 1. The van der Waals surface area contributed by atoms with E-state index in [1.165, 1.54) is 0 Å². The molecule has 0 saturated heterocycles. The predicted octanol–water partition coefficient (Wildman–Crippen LogP) is 3.83. The number of hydrogen-bond donors (Lipinski definition) is 2. The normalized spacial score (nSPS) is 10.0. The lowest BCUT2D eigenvalue weighted by Gasteiger charge is -2.13. The largest absolute Gasteiger partial charge is 0.493 e. The molecule has 122 valence electrons. The van der Waals surface area contributed by atoms with E-state index in [2.05, 4.69) is 26.6 Å². The lowest BCUT2D eigenvalue weighted by Crippen LogP contribution is -2.30. The van der Waals surface area contributed by atoms with E-state index in [1.54, 1.807) is 14.2 Å². The molecule has 5 nitrogen and oxygen atoms in total. The second kappa shape index (κ2) is 8.43. The third kappa shape index (κ3) is 4.89. The number of anilines is 1. The van der Waals surface area contributed by atoms with Gasteiger partial charge in [0.25, 0.3) is 0 Å². The Bertz CT molecular complexity index is 677. The molecule has 2 amide bonds. The van der Waals surface area contributed by atoms with Crippen LogP contribution in [0.25, 0.3) is 0 Å². The molecule has 0 aliphatic heterocycles. The molecule has 0 radical (unpaired) electrons. The summed E-state index contributed by atoms with van der Waals surface area (Å²) in [5.74, 6) is 1.38. The fourth-order valence-electron chi connectivity index (χ4n) is 2.20. The highest BCUT2D eigenvalue weighted by Gasteiger charge is 2.09. The smallest absolute Gasteiger partial charge is 0.319 e. The van der Waals surface area contributed by atoms with E-state index < -0.39 is 0 Å². The monoisotopic (exact) mass is 378 g/mol. The first-order chi connectivity index (χ1) is 11.1. The van der Waals surface area contributed by atoms with Crippen LogP contribution in [0.1, 0.15) is 5.56 Å². The summed E-state index contributed by atoms with van der Waals surface area (Å²) in [5, 5.41) is 5.61. The third-order valence-electron chi connectivity index (χ3n) is 3.25. The highest BCUT2D eigenvalue weighted by atomic mass is 79.9. The van der Waals surface area contributed by atoms with Crippen molar-refractivity contribution in [2.24, 2.45) is 0 Å². The van der Waals surface area contributed by atoms with Crippen LogP contribution in [0, 0.1) is 0 Å².